The van der Waals surface area contributed by atoms with Crippen LogP contribution in [-0.2, 0) is 6.54 Å². The molecule has 1 saturated heterocycles. The molecule has 1 fully saturated rings. The number of quaternary nitrogens is 1. The summed E-state index contributed by atoms with van der Waals surface area (Å²) in [6.45, 7) is 5.32. The first kappa shape index (κ1) is 19.3. The minimum absolute atomic E-state index is 0.703. The molecular formula is C20H28N3OS2+. The maximum absolute atomic E-state index is 5.73. The van der Waals surface area contributed by atoms with Crippen molar-refractivity contribution in [3.8, 4) is 0 Å². The highest BCUT2D eigenvalue weighted by atomic mass is 32.2. The lowest BCUT2D eigenvalue weighted by Gasteiger charge is -2.29. The average Bonchev–Trinajstić information content (AvgIpc) is 3.19. The van der Waals surface area contributed by atoms with Crippen LogP contribution in [0, 0.1) is 0 Å². The van der Waals surface area contributed by atoms with Crippen LogP contribution >= 0.6 is 24.0 Å². The first-order chi connectivity index (χ1) is 12.7. The topological polar surface area (TPSA) is 32.9 Å². The van der Waals surface area contributed by atoms with Crippen molar-refractivity contribution in [2.75, 3.05) is 37.8 Å². The minimum atomic E-state index is 0.703. The molecule has 0 bridgehead atoms. The van der Waals surface area contributed by atoms with E-state index in [4.69, 9.17) is 16.6 Å². The molecule has 0 aliphatic carbocycles. The van der Waals surface area contributed by atoms with E-state index in [9.17, 15) is 0 Å². The number of rotatable bonds is 7. The summed E-state index contributed by atoms with van der Waals surface area (Å²) in [7, 11) is 0. The van der Waals surface area contributed by atoms with Gasteiger partial charge >= 0.3 is 0 Å². The lowest BCUT2D eigenvalue weighted by atomic mass is 10.1. The lowest BCUT2D eigenvalue weighted by Crippen LogP contribution is -3.13. The number of nitrogens with zero attached hydrogens (tertiary/aromatic N) is 1. The first-order valence-electron chi connectivity index (χ1n) is 9.30. The number of furan rings is 1. The highest BCUT2D eigenvalue weighted by Gasteiger charge is 2.18. The zero-order valence-electron chi connectivity index (χ0n) is 15.4. The van der Waals surface area contributed by atoms with Gasteiger partial charge in [0, 0.05) is 10.6 Å². The van der Waals surface area contributed by atoms with Crippen molar-refractivity contribution in [3.05, 3.63) is 48.4 Å². The number of nitrogens with one attached hydrogen (secondary N) is 2. The summed E-state index contributed by atoms with van der Waals surface area (Å²) in [6.07, 6.45) is 7.88. The van der Waals surface area contributed by atoms with Gasteiger partial charge in [0.25, 0.3) is 0 Å². The van der Waals surface area contributed by atoms with Crippen molar-refractivity contribution < 1.29 is 9.32 Å². The number of thiocarbonyl (C=S) groups is 1. The summed E-state index contributed by atoms with van der Waals surface area (Å²) in [5.41, 5.74) is 1.04. The molecule has 2 aromatic rings. The fraction of sp³-hybridized carbons (Fsp3) is 0.450. The number of thioether (sulfide) groups is 1. The van der Waals surface area contributed by atoms with E-state index in [0.717, 1.165) is 29.6 Å². The maximum atomic E-state index is 5.73. The Kier molecular flexibility index (Phi) is 7.41. The second-order valence-electron chi connectivity index (χ2n) is 6.72. The molecule has 0 radical (unpaired) electrons. The Morgan fingerprint density at radius 1 is 1.23 bits per heavy atom. The molecule has 2 heterocycles. The summed E-state index contributed by atoms with van der Waals surface area (Å²) in [6, 6.07) is 12.3. The summed E-state index contributed by atoms with van der Waals surface area (Å²) in [4.78, 5) is 5.14. The van der Waals surface area contributed by atoms with Crippen molar-refractivity contribution >= 4 is 34.8 Å². The lowest BCUT2D eigenvalue weighted by molar-refractivity contribution is -0.904. The van der Waals surface area contributed by atoms with E-state index >= 15 is 0 Å². The number of anilines is 1. The monoisotopic (exact) mass is 390 g/mol. The normalized spacial score (nSPS) is 15.0. The van der Waals surface area contributed by atoms with E-state index in [1.165, 1.54) is 37.2 Å². The van der Waals surface area contributed by atoms with Crippen molar-refractivity contribution in [1.82, 2.24) is 4.90 Å². The fourth-order valence-corrected chi connectivity index (χ4v) is 4.07. The van der Waals surface area contributed by atoms with Crippen LogP contribution in [0.3, 0.4) is 0 Å². The minimum Gasteiger partial charge on any atom is -0.467 e. The van der Waals surface area contributed by atoms with Crippen LogP contribution in [0.4, 0.5) is 5.69 Å². The van der Waals surface area contributed by atoms with Gasteiger partial charge in [0.15, 0.2) is 5.11 Å². The van der Waals surface area contributed by atoms with Crippen LogP contribution in [0.25, 0.3) is 0 Å². The van der Waals surface area contributed by atoms with Gasteiger partial charge in [0.05, 0.1) is 39.0 Å². The third kappa shape index (κ3) is 5.76. The van der Waals surface area contributed by atoms with Gasteiger partial charge in [-0.25, -0.2) is 0 Å². The van der Waals surface area contributed by atoms with Crippen LogP contribution in [0.15, 0.2) is 52.0 Å². The molecule has 0 amide bonds. The Balaban J connectivity index is 1.63. The standard InChI is InChI=1S/C20H27N3OS2/c1-26-19-9-5-7-17(15-19)21-20(25)23(16-18-8-6-14-24-18)13-12-22-10-3-2-4-11-22/h5-9,14-15H,2-4,10-13,16H2,1H3,(H,21,25)/p+1. The van der Waals surface area contributed by atoms with E-state index in [2.05, 4.69) is 40.7 Å². The predicted octanol–water partition coefficient (Wildman–Crippen LogP) is 3.27. The van der Waals surface area contributed by atoms with Crippen LogP contribution in [0.1, 0.15) is 25.0 Å². The molecule has 3 rings (SSSR count). The quantitative estimate of drug-likeness (QED) is 0.560. The maximum Gasteiger partial charge on any atom is 0.174 e. The Bertz CT molecular complexity index is 684. The second kappa shape index (κ2) is 10.00. The number of piperidine rings is 1. The van der Waals surface area contributed by atoms with E-state index in [1.54, 1.807) is 22.9 Å². The highest BCUT2D eigenvalue weighted by Crippen LogP contribution is 2.19. The van der Waals surface area contributed by atoms with Crippen LogP contribution in [0.5, 0.6) is 0 Å². The summed E-state index contributed by atoms with van der Waals surface area (Å²) in [5, 5.41) is 4.17. The Hall–Kier alpha value is -1.50. The molecule has 1 aromatic heterocycles. The molecule has 0 atom stereocenters. The fourth-order valence-electron chi connectivity index (χ4n) is 3.34. The number of hydrogen-bond donors (Lipinski definition) is 2. The van der Waals surface area contributed by atoms with Gasteiger partial charge in [-0.15, -0.1) is 11.8 Å². The summed E-state index contributed by atoms with van der Waals surface area (Å²) in [5.74, 6) is 0.945. The molecule has 4 nitrogen and oxygen atoms in total. The second-order valence-corrected chi connectivity index (χ2v) is 7.99. The molecule has 1 aromatic carbocycles. The van der Waals surface area contributed by atoms with Gasteiger partial charge in [-0.1, -0.05) is 6.07 Å². The van der Waals surface area contributed by atoms with Crippen molar-refractivity contribution in [2.45, 2.75) is 30.7 Å². The van der Waals surface area contributed by atoms with Crippen LogP contribution in [0.2, 0.25) is 0 Å². The Morgan fingerprint density at radius 2 is 2.08 bits per heavy atom. The zero-order chi connectivity index (χ0) is 18.2. The van der Waals surface area contributed by atoms with E-state index in [-0.39, 0.29) is 0 Å². The van der Waals surface area contributed by atoms with Crippen LogP contribution < -0.4 is 10.2 Å². The predicted molar refractivity (Wildman–Crippen MR) is 113 cm³/mol. The van der Waals surface area contributed by atoms with Gasteiger partial charge in [-0.3, -0.25) is 0 Å². The molecule has 0 spiro atoms. The van der Waals surface area contributed by atoms with E-state index < -0.39 is 0 Å². The third-order valence-corrected chi connectivity index (χ3v) is 5.92. The largest absolute Gasteiger partial charge is 0.467 e. The molecule has 2 N–H and O–H groups in total. The number of hydrogen-bond acceptors (Lipinski definition) is 3. The zero-order valence-corrected chi connectivity index (χ0v) is 17.0. The molecule has 6 heteroatoms. The molecule has 140 valence electrons. The summed E-state index contributed by atoms with van der Waals surface area (Å²) >= 11 is 7.47. The van der Waals surface area contributed by atoms with Gasteiger partial charge < -0.3 is 19.5 Å². The number of benzene rings is 1. The SMILES string of the molecule is CSc1cccc(NC(=S)N(CC[NH+]2CCCCC2)Cc2ccco2)c1. The Labute approximate surface area is 165 Å². The Morgan fingerprint density at radius 3 is 2.81 bits per heavy atom. The average molecular weight is 391 g/mol. The molecule has 0 saturated carbocycles. The molecule has 1 aliphatic rings. The van der Waals surface area contributed by atoms with Gasteiger partial charge in [0.1, 0.15) is 5.76 Å². The van der Waals surface area contributed by atoms with Gasteiger partial charge in [-0.05, 0) is 68.1 Å². The van der Waals surface area contributed by atoms with Gasteiger partial charge in [0.2, 0.25) is 0 Å². The smallest absolute Gasteiger partial charge is 0.174 e. The van der Waals surface area contributed by atoms with E-state index in [0.29, 0.717) is 6.54 Å². The van der Waals surface area contributed by atoms with Crippen LogP contribution in [-0.4, -0.2) is 42.4 Å². The first-order valence-corrected chi connectivity index (χ1v) is 10.9. The molecule has 1 aliphatic heterocycles. The number of likely N-dealkylation sites (tertiary alicyclic amines) is 1. The molecule has 26 heavy (non-hydrogen) atoms. The van der Waals surface area contributed by atoms with E-state index in [1.807, 2.05) is 12.1 Å². The molecular weight excluding hydrogens is 362 g/mol. The van der Waals surface area contributed by atoms with Gasteiger partial charge in [-0.2, -0.15) is 0 Å². The highest BCUT2D eigenvalue weighted by molar-refractivity contribution is 7.98. The third-order valence-electron chi connectivity index (χ3n) is 4.83. The molecule has 0 unspecified atom stereocenters. The summed E-state index contributed by atoms with van der Waals surface area (Å²) < 4.78 is 5.55. The van der Waals surface area contributed by atoms with Crippen molar-refractivity contribution in [3.63, 3.8) is 0 Å². The van der Waals surface area contributed by atoms with Crippen molar-refractivity contribution in [1.29, 1.82) is 0 Å². The van der Waals surface area contributed by atoms with Crippen molar-refractivity contribution in [2.24, 2.45) is 0 Å².